The highest BCUT2D eigenvalue weighted by Gasteiger charge is 2.29. The minimum absolute atomic E-state index is 0.785. The maximum Gasteiger partial charge on any atom is 0.00979 e. The van der Waals surface area contributed by atoms with Crippen molar-refractivity contribution >= 4 is 0 Å². The highest BCUT2D eigenvalue weighted by molar-refractivity contribution is 4.84. The molecule has 1 atom stereocenters. The van der Waals surface area contributed by atoms with Gasteiger partial charge in [0.25, 0.3) is 0 Å². The Morgan fingerprint density at radius 1 is 0.900 bits per heavy atom. The molecular formula is C19H39N. The Kier molecular flexibility index (Phi) is 8.84. The van der Waals surface area contributed by atoms with Gasteiger partial charge in [0.2, 0.25) is 0 Å². The van der Waals surface area contributed by atoms with E-state index in [1.165, 1.54) is 57.9 Å². The van der Waals surface area contributed by atoms with Gasteiger partial charge in [-0.3, -0.25) is 0 Å². The van der Waals surface area contributed by atoms with Crippen molar-refractivity contribution in [2.45, 2.75) is 92.0 Å². The van der Waals surface area contributed by atoms with Crippen LogP contribution in [0.5, 0.6) is 0 Å². The Morgan fingerprint density at radius 3 is 1.90 bits per heavy atom. The van der Waals surface area contributed by atoms with Gasteiger partial charge in [-0.05, 0) is 68.7 Å². The average Bonchev–Trinajstić information content (AvgIpc) is 2.48. The minimum Gasteiger partial charge on any atom is -0.314 e. The average molecular weight is 282 g/mol. The van der Waals surface area contributed by atoms with E-state index in [1.807, 2.05) is 0 Å². The van der Waals surface area contributed by atoms with Gasteiger partial charge in [-0.25, -0.2) is 0 Å². The van der Waals surface area contributed by atoms with E-state index < -0.39 is 0 Å². The Balaban J connectivity index is 2.51. The van der Waals surface area contributed by atoms with Crippen molar-refractivity contribution in [2.75, 3.05) is 6.54 Å². The van der Waals surface area contributed by atoms with E-state index in [0.29, 0.717) is 0 Å². The van der Waals surface area contributed by atoms with E-state index >= 15 is 0 Å². The van der Waals surface area contributed by atoms with Crippen LogP contribution in [0.4, 0.5) is 0 Å². The monoisotopic (exact) mass is 281 g/mol. The topological polar surface area (TPSA) is 12.0 Å². The van der Waals surface area contributed by atoms with E-state index in [-0.39, 0.29) is 0 Å². The maximum atomic E-state index is 3.88. The highest BCUT2D eigenvalue weighted by atomic mass is 14.9. The van der Waals surface area contributed by atoms with Crippen molar-refractivity contribution < 1.29 is 0 Å². The summed E-state index contributed by atoms with van der Waals surface area (Å²) in [4.78, 5) is 0. The lowest BCUT2D eigenvalue weighted by atomic mass is 9.73. The molecule has 1 nitrogen and oxygen atoms in total. The lowest BCUT2D eigenvalue weighted by Gasteiger charge is -2.37. The van der Waals surface area contributed by atoms with Crippen molar-refractivity contribution in [3.63, 3.8) is 0 Å². The molecule has 20 heavy (non-hydrogen) atoms. The second kappa shape index (κ2) is 9.82. The maximum absolute atomic E-state index is 3.88. The Hall–Kier alpha value is -0.0400. The molecule has 1 aliphatic carbocycles. The molecule has 1 heteroatoms. The largest absolute Gasteiger partial charge is 0.314 e. The normalized spacial score (nSPS) is 25.4. The molecule has 0 heterocycles. The van der Waals surface area contributed by atoms with Crippen molar-refractivity contribution in [3.05, 3.63) is 0 Å². The molecule has 120 valence electrons. The van der Waals surface area contributed by atoms with Crippen LogP contribution in [0.1, 0.15) is 86.0 Å². The fourth-order valence-corrected chi connectivity index (χ4v) is 3.97. The first-order valence-electron chi connectivity index (χ1n) is 9.35. The van der Waals surface area contributed by atoms with E-state index in [2.05, 4.69) is 39.9 Å². The molecule has 0 radical (unpaired) electrons. The summed E-state index contributed by atoms with van der Waals surface area (Å²) < 4.78 is 0. The van der Waals surface area contributed by atoms with E-state index in [9.17, 15) is 0 Å². The molecular weight excluding hydrogens is 242 g/mol. The second-order valence-electron chi connectivity index (χ2n) is 7.40. The third-order valence-electron chi connectivity index (χ3n) is 5.73. The minimum atomic E-state index is 0.785. The lowest BCUT2D eigenvalue weighted by molar-refractivity contribution is 0.172. The Bertz CT molecular complexity index is 224. The molecule has 1 saturated carbocycles. The zero-order valence-electron chi connectivity index (χ0n) is 14.8. The van der Waals surface area contributed by atoms with Crippen LogP contribution in [0.15, 0.2) is 0 Å². The number of hydrogen-bond acceptors (Lipinski definition) is 1. The van der Waals surface area contributed by atoms with Crippen molar-refractivity contribution in [2.24, 2.45) is 23.7 Å². The molecule has 0 aromatic carbocycles. The van der Waals surface area contributed by atoms with Crippen LogP contribution < -0.4 is 5.32 Å². The molecule has 0 amide bonds. The Morgan fingerprint density at radius 2 is 1.45 bits per heavy atom. The van der Waals surface area contributed by atoms with E-state index in [0.717, 1.165) is 29.7 Å². The van der Waals surface area contributed by atoms with Gasteiger partial charge < -0.3 is 5.32 Å². The van der Waals surface area contributed by atoms with Crippen LogP contribution in [0, 0.1) is 23.7 Å². The number of hydrogen-bond donors (Lipinski definition) is 1. The zero-order valence-corrected chi connectivity index (χ0v) is 14.8. The van der Waals surface area contributed by atoms with Crippen LogP contribution in [0.2, 0.25) is 0 Å². The summed E-state index contributed by atoms with van der Waals surface area (Å²) in [5.41, 5.74) is 0. The van der Waals surface area contributed by atoms with Gasteiger partial charge in [-0.1, -0.05) is 47.5 Å². The number of rotatable bonds is 9. The lowest BCUT2D eigenvalue weighted by Crippen LogP contribution is -2.40. The predicted molar refractivity (Wildman–Crippen MR) is 91.1 cm³/mol. The summed E-state index contributed by atoms with van der Waals surface area (Å²) >= 11 is 0. The van der Waals surface area contributed by atoms with E-state index in [1.54, 1.807) is 0 Å². The predicted octanol–water partition coefficient (Wildman–Crippen LogP) is 5.64. The van der Waals surface area contributed by atoms with Gasteiger partial charge in [-0.15, -0.1) is 0 Å². The first kappa shape index (κ1) is 18.0. The van der Waals surface area contributed by atoms with Gasteiger partial charge >= 0.3 is 0 Å². The summed E-state index contributed by atoms with van der Waals surface area (Å²) in [6.07, 6.45) is 11.2. The van der Waals surface area contributed by atoms with Crippen LogP contribution in [0.25, 0.3) is 0 Å². The molecule has 1 aliphatic rings. The third kappa shape index (κ3) is 5.76. The SMILES string of the molecule is CCCNC(CC(CC)CC)C1CCC(C(C)C)CC1. The van der Waals surface area contributed by atoms with Gasteiger partial charge in [-0.2, -0.15) is 0 Å². The summed E-state index contributed by atoms with van der Waals surface area (Å²) in [6, 6.07) is 0.785. The summed E-state index contributed by atoms with van der Waals surface area (Å²) in [5.74, 6) is 3.74. The van der Waals surface area contributed by atoms with Crippen molar-refractivity contribution in [1.82, 2.24) is 5.32 Å². The molecule has 0 spiro atoms. The standard InChI is InChI=1S/C19H39N/c1-6-13-20-19(14-16(7-2)8-3)18-11-9-17(10-12-18)15(4)5/h15-20H,6-14H2,1-5H3. The molecule has 0 aliphatic heterocycles. The van der Waals surface area contributed by atoms with Gasteiger partial charge in [0.1, 0.15) is 0 Å². The molecule has 0 aromatic rings. The molecule has 1 rings (SSSR count). The van der Waals surface area contributed by atoms with Crippen LogP contribution >= 0.6 is 0 Å². The molecule has 0 saturated heterocycles. The van der Waals surface area contributed by atoms with Gasteiger partial charge in [0, 0.05) is 6.04 Å². The quantitative estimate of drug-likeness (QED) is 0.576. The summed E-state index contributed by atoms with van der Waals surface area (Å²) in [6.45, 7) is 13.0. The molecule has 0 bridgehead atoms. The van der Waals surface area contributed by atoms with Crippen molar-refractivity contribution in [1.29, 1.82) is 0 Å². The van der Waals surface area contributed by atoms with Gasteiger partial charge in [0.05, 0.1) is 0 Å². The molecule has 0 aromatic heterocycles. The first-order chi connectivity index (χ1) is 9.62. The zero-order chi connectivity index (χ0) is 15.0. The summed E-state index contributed by atoms with van der Waals surface area (Å²) in [7, 11) is 0. The fourth-order valence-electron chi connectivity index (χ4n) is 3.97. The molecule has 1 unspecified atom stereocenters. The van der Waals surface area contributed by atoms with Crippen molar-refractivity contribution in [3.8, 4) is 0 Å². The first-order valence-corrected chi connectivity index (χ1v) is 9.35. The van der Waals surface area contributed by atoms with Crippen LogP contribution in [-0.2, 0) is 0 Å². The van der Waals surface area contributed by atoms with E-state index in [4.69, 9.17) is 0 Å². The third-order valence-corrected chi connectivity index (χ3v) is 5.73. The highest BCUT2D eigenvalue weighted by Crippen LogP contribution is 2.36. The summed E-state index contributed by atoms with van der Waals surface area (Å²) in [5, 5.41) is 3.88. The second-order valence-corrected chi connectivity index (χ2v) is 7.40. The van der Waals surface area contributed by atoms with Crippen LogP contribution in [0.3, 0.4) is 0 Å². The van der Waals surface area contributed by atoms with Gasteiger partial charge in [0.15, 0.2) is 0 Å². The number of nitrogens with one attached hydrogen (secondary N) is 1. The molecule has 1 fully saturated rings. The molecule has 1 N–H and O–H groups in total. The van der Waals surface area contributed by atoms with Crippen LogP contribution in [-0.4, -0.2) is 12.6 Å². The smallest absolute Gasteiger partial charge is 0.00979 e. The fraction of sp³-hybridized carbons (Fsp3) is 1.00. The Labute approximate surface area is 128 Å².